The summed E-state index contributed by atoms with van der Waals surface area (Å²) in [5, 5.41) is 29.7. The van der Waals surface area contributed by atoms with Crippen LogP contribution in [0.1, 0.15) is 49.7 Å². The minimum absolute atomic E-state index is 0.00226. The van der Waals surface area contributed by atoms with Gasteiger partial charge < -0.3 is 43.4 Å². The topological polar surface area (TPSA) is 206 Å². The third kappa shape index (κ3) is 7.29. The number of nitrogens with one attached hydrogen (secondary N) is 3. The second-order valence-electron chi connectivity index (χ2n) is 10.9. The quantitative estimate of drug-likeness (QED) is 0.258. The van der Waals surface area contributed by atoms with Crippen LogP contribution in [-0.4, -0.2) is 64.7 Å². The summed E-state index contributed by atoms with van der Waals surface area (Å²) in [6.07, 6.45) is 3.98. The van der Waals surface area contributed by atoms with Crippen molar-refractivity contribution in [2.45, 2.75) is 81.6 Å². The lowest BCUT2D eigenvalue weighted by Gasteiger charge is -2.30. The lowest BCUT2D eigenvalue weighted by Crippen LogP contribution is -2.57. The monoisotopic (exact) mass is 552 g/mol. The van der Waals surface area contributed by atoms with Crippen LogP contribution in [0.25, 0.3) is 11.1 Å². The lowest BCUT2D eigenvalue weighted by molar-refractivity contribution is -0.132. The zero-order valence-corrected chi connectivity index (χ0v) is 22.6. The fourth-order valence-electron chi connectivity index (χ4n) is 5.42. The molecule has 1 saturated carbocycles. The molecule has 2 aromatic carbocycles. The van der Waals surface area contributed by atoms with Gasteiger partial charge in [0.1, 0.15) is 23.6 Å². The van der Waals surface area contributed by atoms with Crippen molar-refractivity contribution in [2.75, 3.05) is 6.54 Å². The molecular weight excluding hydrogens is 512 g/mol. The maximum Gasteiger partial charge on any atom is 0.243 e. The first-order valence-electron chi connectivity index (χ1n) is 13.9. The summed E-state index contributed by atoms with van der Waals surface area (Å²) >= 11 is 0. The standard InChI is InChI=1S/C29H40N6O5/c30-10-2-5-23-28(39)35-24(29(40)33-21-4-1-3-20(31)15-21)14-19-12-17(7-9-26(19)37)16-6-8-25(36)18(11-16)13-22(32)27(38)34-23/h6-9,11-12,20-24,36-37H,1-5,10,13-15,30-32H2,(H,33,40)(H,34,38)(H,35,39)/t20?,21?,22-,23+,24+/m1/s1. The molecule has 11 nitrogen and oxygen atoms in total. The predicted octanol–water partition coefficient (Wildman–Crippen LogP) is 0.285. The summed E-state index contributed by atoms with van der Waals surface area (Å²) in [5.41, 5.74) is 20.4. The largest absolute Gasteiger partial charge is 0.508 e. The highest BCUT2D eigenvalue weighted by Crippen LogP contribution is 2.31. The highest BCUT2D eigenvalue weighted by Gasteiger charge is 2.31. The molecule has 3 amide bonds. The van der Waals surface area contributed by atoms with Crippen molar-refractivity contribution in [3.63, 3.8) is 0 Å². The molecule has 0 aromatic heterocycles. The first-order chi connectivity index (χ1) is 19.1. The van der Waals surface area contributed by atoms with Crippen LogP contribution in [-0.2, 0) is 27.2 Å². The number of phenolic OH excluding ortho intramolecular Hbond substituents is 2. The van der Waals surface area contributed by atoms with E-state index < -0.39 is 35.8 Å². The van der Waals surface area contributed by atoms with E-state index in [0.29, 0.717) is 30.5 Å². The van der Waals surface area contributed by atoms with Crippen molar-refractivity contribution in [2.24, 2.45) is 17.2 Å². The first-order valence-corrected chi connectivity index (χ1v) is 13.9. The minimum Gasteiger partial charge on any atom is -0.508 e. The number of hydrogen-bond donors (Lipinski definition) is 8. The highest BCUT2D eigenvalue weighted by molar-refractivity contribution is 5.93. The molecule has 40 heavy (non-hydrogen) atoms. The molecular formula is C29H40N6O5. The second-order valence-corrected chi connectivity index (χ2v) is 10.9. The van der Waals surface area contributed by atoms with Crippen LogP contribution in [0.5, 0.6) is 11.5 Å². The first kappa shape index (κ1) is 29.3. The minimum atomic E-state index is -1.04. The van der Waals surface area contributed by atoms with E-state index in [1.807, 2.05) is 0 Å². The van der Waals surface area contributed by atoms with E-state index in [1.165, 1.54) is 12.1 Å². The Morgan fingerprint density at radius 2 is 1.57 bits per heavy atom. The zero-order chi connectivity index (χ0) is 28.8. The summed E-state index contributed by atoms with van der Waals surface area (Å²) in [5.74, 6) is -1.54. The Kier molecular flexibility index (Phi) is 9.62. The Labute approximate surface area is 233 Å². The van der Waals surface area contributed by atoms with Crippen molar-refractivity contribution in [3.8, 4) is 22.6 Å². The molecule has 1 aliphatic carbocycles. The molecule has 1 aliphatic heterocycles. The third-order valence-corrected chi connectivity index (χ3v) is 7.72. The number of nitrogens with two attached hydrogens (primary N) is 3. The van der Waals surface area contributed by atoms with Crippen LogP contribution in [0.3, 0.4) is 0 Å². The molecule has 2 unspecified atom stereocenters. The SMILES string of the molecule is NCCC[C@@H]1NC(=O)[C@H](N)Cc2cc(ccc2O)-c2ccc(O)c(c2)C[C@@H](C(=O)NC2CCCC(N)C2)NC1=O. The molecule has 1 heterocycles. The lowest BCUT2D eigenvalue weighted by atomic mass is 9.91. The number of carbonyl (C=O) groups excluding carboxylic acids is 3. The van der Waals surface area contributed by atoms with E-state index in [0.717, 1.165) is 30.4 Å². The fourth-order valence-corrected chi connectivity index (χ4v) is 5.42. The van der Waals surface area contributed by atoms with Gasteiger partial charge in [0, 0.05) is 24.9 Å². The summed E-state index contributed by atoms with van der Waals surface area (Å²) < 4.78 is 0. The van der Waals surface area contributed by atoms with Crippen LogP contribution in [0.2, 0.25) is 0 Å². The van der Waals surface area contributed by atoms with Crippen molar-refractivity contribution in [1.82, 2.24) is 16.0 Å². The van der Waals surface area contributed by atoms with E-state index in [1.54, 1.807) is 24.3 Å². The van der Waals surface area contributed by atoms with E-state index in [9.17, 15) is 24.6 Å². The van der Waals surface area contributed by atoms with Crippen molar-refractivity contribution in [1.29, 1.82) is 0 Å². The van der Waals surface area contributed by atoms with E-state index in [2.05, 4.69) is 16.0 Å². The average molecular weight is 553 g/mol. The van der Waals surface area contributed by atoms with Crippen molar-refractivity contribution in [3.05, 3.63) is 47.5 Å². The molecule has 216 valence electrons. The molecule has 0 radical (unpaired) electrons. The molecule has 11 N–H and O–H groups in total. The van der Waals surface area contributed by atoms with Gasteiger partial charge in [-0.2, -0.15) is 0 Å². The fraction of sp³-hybridized carbons (Fsp3) is 0.483. The van der Waals surface area contributed by atoms with E-state index in [4.69, 9.17) is 17.2 Å². The number of amides is 3. The molecule has 4 rings (SSSR count). The summed E-state index contributed by atoms with van der Waals surface area (Å²) in [6, 6.07) is 6.83. The predicted molar refractivity (Wildman–Crippen MR) is 151 cm³/mol. The molecule has 11 heteroatoms. The van der Waals surface area contributed by atoms with Gasteiger partial charge in [-0.1, -0.05) is 12.1 Å². The Morgan fingerprint density at radius 1 is 0.925 bits per heavy atom. The molecule has 2 aromatic rings. The number of fused-ring (bicyclic) bond motifs is 5. The zero-order valence-electron chi connectivity index (χ0n) is 22.6. The van der Waals surface area contributed by atoms with Gasteiger partial charge in [0.25, 0.3) is 0 Å². The molecule has 5 atom stereocenters. The Morgan fingerprint density at radius 3 is 2.20 bits per heavy atom. The number of phenols is 2. The van der Waals surface area contributed by atoms with E-state index >= 15 is 0 Å². The Hall–Kier alpha value is -3.67. The number of benzene rings is 2. The molecule has 2 aliphatic rings. The maximum atomic E-state index is 13.5. The number of hydrogen-bond acceptors (Lipinski definition) is 8. The van der Waals surface area contributed by atoms with Gasteiger partial charge in [-0.25, -0.2) is 0 Å². The van der Waals surface area contributed by atoms with Crippen LogP contribution in [0, 0.1) is 0 Å². The molecule has 4 bridgehead atoms. The average Bonchev–Trinajstić information content (AvgIpc) is 2.92. The summed E-state index contributed by atoms with van der Waals surface area (Å²) in [4.78, 5) is 40.0. The van der Waals surface area contributed by atoms with Crippen LogP contribution in [0.4, 0.5) is 0 Å². The molecule has 0 spiro atoms. The van der Waals surface area contributed by atoms with Crippen LogP contribution >= 0.6 is 0 Å². The number of rotatable bonds is 5. The van der Waals surface area contributed by atoms with Crippen molar-refractivity contribution >= 4 is 17.7 Å². The third-order valence-electron chi connectivity index (χ3n) is 7.72. The number of aromatic hydroxyl groups is 2. The summed E-state index contributed by atoms with van der Waals surface area (Å²) in [7, 11) is 0. The Balaban J connectivity index is 1.72. The van der Waals surface area contributed by atoms with Gasteiger partial charge in [0.05, 0.1) is 6.04 Å². The molecule has 0 saturated heterocycles. The van der Waals surface area contributed by atoms with Crippen molar-refractivity contribution < 1.29 is 24.6 Å². The van der Waals surface area contributed by atoms with Gasteiger partial charge in [0.15, 0.2) is 0 Å². The number of carbonyl (C=O) groups is 3. The molecule has 1 fully saturated rings. The highest BCUT2D eigenvalue weighted by atomic mass is 16.3. The van der Waals surface area contributed by atoms with Crippen LogP contribution < -0.4 is 33.2 Å². The van der Waals surface area contributed by atoms with Gasteiger partial charge >= 0.3 is 0 Å². The normalized spacial score (nSPS) is 25.6. The Bertz CT molecular complexity index is 1240. The van der Waals surface area contributed by atoms with Gasteiger partial charge in [-0.3, -0.25) is 14.4 Å². The van der Waals surface area contributed by atoms with Gasteiger partial charge in [0.2, 0.25) is 17.7 Å². The van der Waals surface area contributed by atoms with Crippen LogP contribution in [0.15, 0.2) is 36.4 Å². The maximum absolute atomic E-state index is 13.5. The smallest absolute Gasteiger partial charge is 0.243 e. The van der Waals surface area contributed by atoms with E-state index in [-0.39, 0.29) is 42.8 Å². The van der Waals surface area contributed by atoms with Gasteiger partial charge in [-0.15, -0.1) is 0 Å². The second kappa shape index (κ2) is 13.1. The summed E-state index contributed by atoms with van der Waals surface area (Å²) in [6.45, 7) is 0.304. The van der Waals surface area contributed by atoms with Gasteiger partial charge in [-0.05, 0) is 91.6 Å².